The van der Waals surface area contributed by atoms with Gasteiger partial charge in [0.05, 0.1) is 5.52 Å². The second kappa shape index (κ2) is 5.54. The van der Waals surface area contributed by atoms with Crippen molar-refractivity contribution >= 4 is 10.9 Å². The predicted octanol–water partition coefficient (Wildman–Crippen LogP) is 4.34. The van der Waals surface area contributed by atoms with Crippen LogP contribution < -0.4 is 4.74 Å². The maximum atomic E-state index is 6.22. The van der Waals surface area contributed by atoms with Gasteiger partial charge in [-0.3, -0.25) is 9.88 Å². The Morgan fingerprint density at radius 1 is 1.14 bits per heavy atom. The summed E-state index contributed by atoms with van der Waals surface area (Å²) in [6.45, 7) is 5.96. The summed E-state index contributed by atoms with van der Waals surface area (Å²) >= 11 is 0. The van der Waals surface area contributed by atoms with E-state index in [-0.39, 0.29) is 0 Å². The Bertz CT molecular complexity index is 704. The van der Waals surface area contributed by atoms with Crippen molar-refractivity contribution in [2.45, 2.75) is 58.5 Å². The van der Waals surface area contributed by atoms with Crippen LogP contribution in [-0.2, 0) is 6.54 Å². The monoisotopic (exact) mass is 296 g/mol. The summed E-state index contributed by atoms with van der Waals surface area (Å²) in [5.74, 6) is 1.07. The summed E-state index contributed by atoms with van der Waals surface area (Å²) in [6, 6.07) is 7.12. The molecule has 1 aromatic heterocycles. The molecule has 0 unspecified atom stereocenters. The number of hydrogen-bond donors (Lipinski definition) is 0. The molecule has 2 aliphatic rings. The number of aromatic nitrogens is 1. The van der Waals surface area contributed by atoms with Gasteiger partial charge >= 0.3 is 0 Å². The lowest BCUT2D eigenvalue weighted by Crippen LogP contribution is -2.41. The number of fused-ring (bicyclic) bond motifs is 3. The highest BCUT2D eigenvalue weighted by Crippen LogP contribution is 2.36. The fraction of sp³-hybridized carbons (Fsp3) is 0.526. The van der Waals surface area contributed by atoms with Crippen LogP contribution in [-0.4, -0.2) is 22.7 Å². The van der Waals surface area contributed by atoms with Crippen molar-refractivity contribution in [3.05, 3.63) is 35.0 Å². The van der Waals surface area contributed by atoms with Crippen molar-refractivity contribution in [3.8, 4) is 5.75 Å². The summed E-state index contributed by atoms with van der Waals surface area (Å²) in [5.41, 5.74) is 4.72. The summed E-state index contributed by atoms with van der Waals surface area (Å²) < 4.78 is 6.22. The fourth-order valence-electron chi connectivity index (χ4n) is 3.93. The van der Waals surface area contributed by atoms with Gasteiger partial charge in [0.15, 0.2) is 0 Å². The van der Waals surface area contributed by atoms with Crippen LogP contribution in [0.1, 0.15) is 48.9 Å². The third-order valence-corrected chi connectivity index (χ3v) is 5.22. The Balaban J connectivity index is 1.72. The van der Waals surface area contributed by atoms with Gasteiger partial charge in [-0.15, -0.1) is 0 Å². The maximum Gasteiger partial charge on any atom is 0.142 e. The first-order valence-electron chi connectivity index (χ1n) is 8.49. The number of ether oxygens (including phenoxy) is 1. The van der Waals surface area contributed by atoms with Gasteiger partial charge in [-0.05, 0) is 38.8 Å². The molecule has 116 valence electrons. The minimum absolute atomic E-state index is 0.689. The fourth-order valence-corrected chi connectivity index (χ4v) is 3.93. The highest BCUT2D eigenvalue weighted by atomic mass is 16.5. The van der Waals surface area contributed by atoms with E-state index >= 15 is 0 Å². The van der Waals surface area contributed by atoms with E-state index in [1.165, 1.54) is 48.6 Å². The van der Waals surface area contributed by atoms with E-state index in [9.17, 15) is 0 Å². The van der Waals surface area contributed by atoms with Gasteiger partial charge < -0.3 is 4.74 Å². The molecule has 1 saturated carbocycles. The Labute approximate surface area is 132 Å². The van der Waals surface area contributed by atoms with Crippen LogP contribution in [0.4, 0.5) is 0 Å². The molecular weight excluding hydrogens is 272 g/mol. The molecule has 22 heavy (non-hydrogen) atoms. The molecule has 0 radical (unpaired) electrons. The molecule has 0 atom stereocenters. The zero-order chi connectivity index (χ0) is 15.1. The number of pyridine rings is 1. The van der Waals surface area contributed by atoms with Crippen LogP contribution in [0, 0.1) is 13.8 Å². The minimum atomic E-state index is 0.689. The average molecular weight is 296 g/mol. The molecule has 0 N–H and O–H groups in total. The molecule has 1 fully saturated rings. The molecule has 2 heterocycles. The predicted molar refractivity (Wildman–Crippen MR) is 89.1 cm³/mol. The van der Waals surface area contributed by atoms with Crippen molar-refractivity contribution in [2.24, 2.45) is 0 Å². The molecule has 0 bridgehead atoms. The van der Waals surface area contributed by atoms with Crippen LogP contribution in [0.15, 0.2) is 18.2 Å². The quantitative estimate of drug-likeness (QED) is 0.783. The molecule has 1 aromatic carbocycles. The Morgan fingerprint density at radius 2 is 1.95 bits per heavy atom. The second-order valence-electron chi connectivity index (χ2n) is 6.84. The van der Waals surface area contributed by atoms with E-state index < -0.39 is 0 Å². The highest BCUT2D eigenvalue weighted by Gasteiger charge is 2.28. The van der Waals surface area contributed by atoms with E-state index in [2.05, 4.69) is 36.9 Å². The molecule has 1 aliphatic carbocycles. The molecule has 3 nitrogen and oxygen atoms in total. The van der Waals surface area contributed by atoms with E-state index in [4.69, 9.17) is 9.72 Å². The third-order valence-electron chi connectivity index (χ3n) is 5.22. The SMILES string of the molecule is Cc1ccc2nc(C)c3c(c2c1)OCN(C1CCCCC1)C3. The number of aryl methyl sites for hydroxylation is 2. The van der Waals surface area contributed by atoms with Crippen LogP contribution >= 0.6 is 0 Å². The topological polar surface area (TPSA) is 25.4 Å². The van der Waals surface area contributed by atoms with Gasteiger partial charge in [0, 0.05) is 29.2 Å². The summed E-state index contributed by atoms with van der Waals surface area (Å²) in [5, 5.41) is 1.17. The van der Waals surface area contributed by atoms with E-state index in [1.807, 2.05) is 0 Å². The van der Waals surface area contributed by atoms with Crippen molar-refractivity contribution < 1.29 is 4.74 Å². The highest BCUT2D eigenvalue weighted by molar-refractivity contribution is 5.87. The smallest absolute Gasteiger partial charge is 0.142 e. The maximum absolute atomic E-state index is 6.22. The normalized spacial score (nSPS) is 19.9. The molecule has 1 aliphatic heterocycles. The van der Waals surface area contributed by atoms with Crippen LogP contribution in [0.25, 0.3) is 10.9 Å². The summed E-state index contributed by atoms with van der Waals surface area (Å²) in [4.78, 5) is 7.31. The molecule has 3 heteroatoms. The molecule has 0 saturated heterocycles. The minimum Gasteiger partial charge on any atom is -0.477 e. The van der Waals surface area contributed by atoms with E-state index in [0.717, 1.165) is 30.2 Å². The Morgan fingerprint density at radius 3 is 2.77 bits per heavy atom. The first-order chi connectivity index (χ1) is 10.7. The zero-order valence-corrected chi connectivity index (χ0v) is 13.6. The zero-order valence-electron chi connectivity index (χ0n) is 13.6. The number of rotatable bonds is 1. The third kappa shape index (κ3) is 2.38. The molecule has 0 spiro atoms. The van der Waals surface area contributed by atoms with Gasteiger partial charge in [-0.1, -0.05) is 30.9 Å². The van der Waals surface area contributed by atoms with E-state index in [1.54, 1.807) is 0 Å². The molecular formula is C19H24N2O. The van der Waals surface area contributed by atoms with Gasteiger partial charge in [-0.2, -0.15) is 0 Å². The molecule has 4 rings (SSSR count). The van der Waals surface area contributed by atoms with Crippen LogP contribution in [0.2, 0.25) is 0 Å². The van der Waals surface area contributed by atoms with Gasteiger partial charge in [-0.25, -0.2) is 0 Å². The number of hydrogen-bond acceptors (Lipinski definition) is 3. The van der Waals surface area contributed by atoms with E-state index in [0.29, 0.717) is 6.04 Å². The Hall–Kier alpha value is -1.61. The van der Waals surface area contributed by atoms with Gasteiger partial charge in [0.1, 0.15) is 12.5 Å². The second-order valence-corrected chi connectivity index (χ2v) is 6.84. The summed E-state index contributed by atoms with van der Waals surface area (Å²) in [7, 11) is 0. The molecule has 0 amide bonds. The Kier molecular flexibility index (Phi) is 3.53. The van der Waals surface area contributed by atoms with Crippen LogP contribution in [0.3, 0.4) is 0 Å². The van der Waals surface area contributed by atoms with Crippen molar-refractivity contribution in [1.82, 2.24) is 9.88 Å². The van der Waals surface area contributed by atoms with Gasteiger partial charge in [0.2, 0.25) is 0 Å². The lowest BCUT2D eigenvalue weighted by Gasteiger charge is -2.38. The first-order valence-corrected chi connectivity index (χ1v) is 8.49. The number of benzene rings is 1. The standard InChI is InChI=1S/C19H24N2O/c1-13-8-9-18-16(10-13)19-17(14(2)20-18)11-21(12-22-19)15-6-4-3-5-7-15/h8-10,15H,3-7,11-12H2,1-2H3. The lowest BCUT2D eigenvalue weighted by atomic mass is 9.93. The van der Waals surface area contributed by atoms with Crippen molar-refractivity contribution in [2.75, 3.05) is 6.73 Å². The molecule has 2 aromatic rings. The summed E-state index contributed by atoms with van der Waals surface area (Å²) in [6.07, 6.45) is 6.76. The average Bonchev–Trinajstić information content (AvgIpc) is 2.56. The van der Waals surface area contributed by atoms with Crippen molar-refractivity contribution in [3.63, 3.8) is 0 Å². The lowest BCUT2D eigenvalue weighted by molar-refractivity contribution is 0.0410. The van der Waals surface area contributed by atoms with Crippen LogP contribution in [0.5, 0.6) is 5.75 Å². The van der Waals surface area contributed by atoms with Gasteiger partial charge in [0.25, 0.3) is 0 Å². The van der Waals surface area contributed by atoms with Crippen molar-refractivity contribution in [1.29, 1.82) is 0 Å². The first kappa shape index (κ1) is 14.0. The largest absolute Gasteiger partial charge is 0.477 e. The number of nitrogens with zero attached hydrogens (tertiary/aromatic N) is 2.